The predicted molar refractivity (Wildman–Crippen MR) is 127 cm³/mol. The largest absolute Gasteiger partial charge is 0.493 e. The number of H-pyrrole nitrogens is 1. The van der Waals surface area contributed by atoms with E-state index in [2.05, 4.69) is 33.0 Å². The Morgan fingerprint density at radius 2 is 1.88 bits per heavy atom. The number of hydrogen-bond acceptors (Lipinski definition) is 7. The molecule has 1 fully saturated rings. The number of benzene rings is 2. The first-order valence-corrected chi connectivity index (χ1v) is 11.5. The molecule has 1 saturated heterocycles. The average Bonchev–Trinajstić information content (AvgIpc) is 2.84. The minimum Gasteiger partial charge on any atom is -0.493 e. The van der Waals surface area contributed by atoms with Gasteiger partial charge in [0, 0.05) is 38.8 Å². The number of hydrogen-bond donors (Lipinski definition) is 2. The summed E-state index contributed by atoms with van der Waals surface area (Å²) < 4.78 is 10.7. The van der Waals surface area contributed by atoms with E-state index in [1.165, 1.54) is 16.7 Å². The standard InChI is InChI=1S/C25H30N4O4/c1-32-22-12-20-21(13-23(22)33-2)26-25(27-24(20)31)29-11-8-19-16(4-3-5-17(19)15-29)14-28-9-6-18(30)7-10-28/h3-5,12-13,18,30H,6-11,14-15H2,1-2H3,(H,26,27,31). The quantitative estimate of drug-likeness (QED) is 0.617. The van der Waals surface area contributed by atoms with Gasteiger partial charge in [-0.25, -0.2) is 4.98 Å². The van der Waals surface area contributed by atoms with Gasteiger partial charge in [-0.2, -0.15) is 0 Å². The van der Waals surface area contributed by atoms with E-state index in [-0.39, 0.29) is 11.7 Å². The van der Waals surface area contributed by atoms with Gasteiger partial charge in [-0.1, -0.05) is 18.2 Å². The molecule has 0 saturated carbocycles. The molecule has 0 radical (unpaired) electrons. The van der Waals surface area contributed by atoms with Gasteiger partial charge in [0.15, 0.2) is 11.5 Å². The van der Waals surface area contributed by atoms with Crippen LogP contribution in [0.4, 0.5) is 5.95 Å². The van der Waals surface area contributed by atoms with Gasteiger partial charge in [-0.05, 0) is 42.0 Å². The Kier molecular flexibility index (Phi) is 5.95. The second kappa shape index (κ2) is 9.03. The Hall–Kier alpha value is -3.10. The first-order valence-electron chi connectivity index (χ1n) is 11.5. The lowest BCUT2D eigenvalue weighted by molar-refractivity contribution is 0.0791. The average molecular weight is 451 g/mol. The van der Waals surface area contributed by atoms with Crippen LogP contribution in [-0.2, 0) is 19.5 Å². The van der Waals surface area contributed by atoms with Gasteiger partial charge in [-0.3, -0.25) is 14.7 Å². The van der Waals surface area contributed by atoms with Crippen LogP contribution in [0.3, 0.4) is 0 Å². The van der Waals surface area contributed by atoms with Crippen LogP contribution in [0.2, 0.25) is 0 Å². The number of aromatic amines is 1. The lowest BCUT2D eigenvalue weighted by atomic mass is 9.94. The van der Waals surface area contributed by atoms with Crippen LogP contribution in [0.15, 0.2) is 35.1 Å². The Labute approximate surface area is 192 Å². The van der Waals surface area contributed by atoms with Crippen molar-refractivity contribution in [2.75, 3.05) is 38.8 Å². The van der Waals surface area contributed by atoms with Crippen LogP contribution in [0.25, 0.3) is 10.9 Å². The Morgan fingerprint density at radius 3 is 2.64 bits per heavy atom. The van der Waals surface area contributed by atoms with Crippen LogP contribution >= 0.6 is 0 Å². The van der Waals surface area contributed by atoms with E-state index in [1.54, 1.807) is 26.4 Å². The fraction of sp³-hybridized carbons (Fsp3) is 0.440. The molecule has 2 aliphatic heterocycles. The number of rotatable bonds is 5. The monoisotopic (exact) mass is 450 g/mol. The topological polar surface area (TPSA) is 90.9 Å². The van der Waals surface area contributed by atoms with Crippen molar-refractivity contribution in [1.29, 1.82) is 0 Å². The minimum absolute atomic E-state index is 0.155. The fourth-order valence-corrected chi connectivity index (χ4v) is 4.94. The third kappa shape index (κ3) is 4.28. The highest BCUT2D eigenvalue weighted by atomic mass is 16.5. The van der Waals surface area contributed by atoms with Gasteiger partial charge in [0.1, 0.15) is 0 Å². The van der Waals surface area contributed by atoms with E-state index in [0.717, 1.165) is 45.4 Å². The number of nitrogens with one attached hydrogen (secondary N) is 1. The summed E-state index contributed by atoms with van der Waals surface area (Å²) in [5.74, 6) is 1.63. The molecular weight excluding hydrogens is 420 g/mol. The molecule has 2 aliphatic rings. The lowest BCUT2D eigenvalue weighted by Crippen LogP contribution is -2.37. The summed E-state index contributed by atoms with van der Waals surface area (Å²) in [4.78, 5) is 25.1. The molecule has 8 nitrogen and oxygen atoms in total. The van der Waals surface area contributed by atoms with Crippen molar-refractivity contribution in [2.24, 2.45) is 0 Å². The molecule has 0 amide bonds. The Balaban J connectivity index is 1.40. The highest BCUT2D eigenvalue weighted by Gasteiger charge is 2.23. The molecule has 8 heteroatoms. The fourth-order valence-electron chi connectivity index (χ4n) is 4.94. The molecule has 0 atom stereocenters. The van der Waals surface area contributed by atoms with Crippen molar-refractivity contribution >= 4 is 16.9 Å². The third-order valence-electron chi connectivity index (χ3n) is 6.81. The molecule has 0 aliphatic carbocycles. The van der Waals surface area contributed by atoms with Crippen molar-refractivity contribution in [3.05, 3.63) is 57.4 Å². The molecule has 1 aromatic heterocycles. The van der Waals surface area contributed by atoms with E-state index in [9.17, 15) is 9.90 Å². The van der Waals surface area contributed by atoms with Crippen molar-refractivity contribution in [1.82, 2.24) is 14.9 Å². The molecule has 2 aromatic carbocycles. The minimum atomic E-state index is -0.192. The smallest absolute Gasteiger partial charge is 0.260 e. The zero-order valence-electron chi connectivity index (χ0n) is 19.1. The van der Waals surface area contributed by atoms with Crippen molar-refractivity contribution < 1.29 is 14.6 Å². The van der Waals surface area contributed by atoms with E-state index in [4.69, 9.17) is 14.5 Å². The molecule has 5 rings (SSSR count). The first-order chi connectivity index (χ1) is 16.1. The summed E-state index contributed by atoms with van der Waals surface area (Å²) in [5.41, 5.74) is 4.42. The number of aromatic nitrogens is 2. The van der Waals surface area contributed by atoms with Gasteiger partial charge < -0.3 is 19.5 Å². The van der Waals surface area contributed by atoms with E-state index in [1.807, 2.05) is 0 Å². The predicted octanol–water partition coefficient (Wildman–Crippen LogP) is 2.46. The molecule has 0 unspecified atom stereocenters. The zero-order valence-corrected chi connectivity index (χ0v) is 19.1. The number of anilines is 1. The first kappa shape index (κ1) is 21.7. The van der Waals surface area contributed by atoms with E-state index in [0.29, 0.717) is 34.9 Å². The second-order valence-electron chi connectivity index (χ2n) is 8.85. The van der Waals surface area contributed by atoms with E-state index < -0.39 is 0 Å². The highest BCUT2D eigenvalue weighted by Crippen LogP contribution is 2.31. The Bertz CT molecular complexity index is 1220. The molecule has 3 heterocycles. The number of fused-ring (bicyclic) bond motifs is 2. The summed E-state index contributed by atoms with van der Waals surface area (Å²) in [7, 11) is 3.12. The number of likely N-dealkylation sites (tertiary alicyclic amines) is 1. The number of piperidine rings is 1. The summed E-state index contributed by atoms with van der Waals surface area (Å²) in [6.07, 6.45) is 2.44. The number of ether oxygens (including phenoxy) is 2. The maximum atomic E-state index is 12.8. The zero-order chi connectivity index (χ0) is 22.9. The van der Waals surface area contributed by atoms with Crippen LogP contribution in [0, 0.1) is 0 Å². The molecule has 0 spiro atoms. The number of aliphatic hydroxyl groups is 1. The molecule has 33 heavy (non-hydrogen) atoms. The number of aliphatic hydroxyl groups excluding tert-OH is 1. The molecule has 0 bridgehead atoms. The summed E-state index contributed by atoms with van der Waals surface area (Å²) in [5, 5.41) is 10.3. The number of methoxy groups -OCH3 is 2. The highest BCUT2D eigenvalue weighted by molar-refractivity contribution is 5.82. The van der Waals surface area contributed by atoms with Crippen molar-refractivity contribution in [3.8, 4) is 11.5 Å². The van der Waals surface area contributed by atoms with Gasteiger partial charge >= 0.3 is 0 Å². The van der Waals surface area contributed by atoms with Gasteiger partial charge in [-0.15, -0.1) is 0 Å². The van der Waals surface area contributed by atoms with Crippen LogP contribution < -0.4 is 19.9 Å². The van der Waals surface area contributed by atoms with Crippen LogP contribution in [0.5, 0.6) is 11.5 Å². The summed E-state index contributed by atoms with van der Waals surface area (Å²) in [6.45, 7) is 4.28. The summed E-state index contributed by atoms with van der Waals surface area (Å²) in [6, 6.07) is 9.91. The maximum Gasteiger partial charge on any atom is 0.260 e. The molecule has 2 N–H and O–H groups in total. The van der Waals surface area contributed by atoms with Gasteiger partial charge in [0.25, 0.3) is 5.56 Å². The van der Waals surface area contributed by atoms with E-state index >= 15 is 0 Å². The Morgan fingerprint density at radius 1 is 1.12 bits per heavy atom. The lowest BCUT2D eigenvalue weighted by Gasteiger charge is -2.33. The van der Waals surface area contributed by atoms with Crippen LogP contribution in [-0.4, -0.2) is 59.9 Å². The third-order valence-corrected chi connectivity index (χ3v) is 6.81. The van der Waals surface area contributed by atoms with Gasteiger partial charge in [0.05, 0.1) is 31.2 Å². The molecule has 3 aromatic rings. The normalized spacial score (nSPS) is 17.2. The second-order valence-corrected chi connectivity index (χ2v) is 8.85. The maximum absolute atomic E-state index is 12.8. The van der Waals surface area contributed by atoms with Crippen molar-refractivity contribution in [3.63, 3.8) is 0 Å². The number of nitrogens with zero attached hydrogens (tertiary/aromatic N) is 3. The van der Waals surface area contributed by atoms with Crippen molar-refractivity contribution in [2.45, 2.75) is 38.5 Å². The van der Waals surface area contributed by atoms with Crippen LogP contribution in [0.1, 0.15) is 29.5 Å². The molecule has 174 valence electrons. The molecular formula is C25H30N4O4. The summed E-state index contributed by atoms with van der Waals surface area (Å²) >= 11 is 0. The van der Waals surface area contributed by atoms with Gasteiger partial charge in [0.2, 0.25) is 5.95 Å². The SMILES string of the molecule is COc1cc2nc(N3CCc4c(CN5CCC(O)CC5)cccc4C3)[nH]c(=O)c2cc1OC.